The summed E-state index contributed by atoms with van der Waals surface area (Å²) in [5, 5.41) is 18.6. The molecule has 0 aliphatic rings. The van der Waals surface area contributed by atoms with Crippen molar-refractivity contribution in [3.8, 4) is 28.3 Å². The predicted molar refractivity (Wildman–Crippen MR) is 89.5 cm³/mol. The first-order chi connectivity index (χ1) is 11.5. The Kier molecular flexibility index (Phi) is 4.33. The molecule has 3 rings (SSSR count). The number of carboxylic acid groups (broad SMARTS) is 1. The number of aliphatic carboxylic acids is 1. The lowest BCUT2D eigenvalue weighted by atomic mass is 10.1. The van der Waals surface area contributed by atoms with Gasteiger partial charge in [0, 0.05) is 17.5 Å². The topological polar surface area (TPSA) is 83.6 Å². The number of hydrogen-bond acceptors (Lipinski definition) is 4. The summed E-state index contributed by atoms with van der Waals surface area (Å²) in [5.41, 5.74) is 2.29. The summed E-state index contributed by atoms with van der Waals surface area (Å²) in [7, 11) is 0. The van der Waals surface area contributed by atoms with Gasteiger partial charge in [0.15, 0.2) is 11.7 Å². The van der Waals surface area contributed by atoms with Crippen molar-refractivity contribution in [3.05, 3.63) is 60.5 Å². The van der Waals surface area contributed by atoms with Gasteiger partial charge in [-0.25, -0.2) is 4.98 Å². The molecule has 1 heterocycles. The van der Waals surface area contributed by atoms with Gasteiger partial charge in [-0.1, -0.05) is 37.3 Å². The van der Waals surface area contributed by atoms with Gasteiger partial charge in [0.05, 0.1) is 5.92 Å². The lowest BCUT2D eigenvalue weighted by Gasteiger charge is -2.01. The molecule has 0 aliphatic heterocycles. The quantitative estimate of drug-likeness (QED) is 0.742. The third-order valence-corrected chi connectivity index (χ3v) is 3.75. The lowest BCUT2D eigenvalue weighted by molar-refractivity contribution is -0.141. The SMILES string of the molecule is CC(Cc1nc(-c2ccc(O)cc2)c(-c2ccccc2)o1)C(=O)O. The number of phenolic OH excluding ortho intramolecular Hbond substituents is 1. The summed E-state index contributed by atoms with van der Waals surface area (Å²) in [4.78, 5) is 15.6. The standard InChI is InChI=1S/C19H17NO4/c1-12(19(22)23)11-16-20-17(13-7-9-15(21)10-8-13)18(24-16)14-5-3-2-4-6-14/h2-10,12,21H,11H2,1H3,(H,22,23). The highest BCUT2D eigenvalue weighted by molar-refractivity contribution is 5.77. The van der Waals surface area contributed by atoms with Crippen molar-refractivity contribution in [2.24, 2.45) is 5.92 Å². The van der Waals surface area contributed by atoms with E-state index < -0.39 is 11.9 Å². The van der Waals surface area contributed by atoms with Crippen LogP contribution in [0.15, 0.2) is 59.0 Å². The molecule has 0 bridgehead atoms. The van der Waals surface area contributed by atoms with Crippen LogP contribution in [0.1, 0.15) is 12.8 Å². The molecule has 1 atom stereocenters. The van der Waals surface area contributed by atoms with Crippen LogP contribution in [0.2, 0.25) is 0 Å². The molecule has 0 amide bonds. The minimum atomic E-state index is -0.888. The van der Waals surface area contributed by atoms with E-state index in [1.165, 1.54) is 0 Å². The Morgan fingerprint density at radius 3 is 2.38 bits per heavy atom. The van der Waals surface area contributed by atoms with Crippen LogP contribution in [0.25, 0.3) is 22.6 Å². The van der Waals surface area contributed by atoms with Gasteiger partial charge in [-0.05, 0) is 24.3 Å². The van der Waals surface area contributed by atoms with Crippen LogP contribution in [0.5, 0.6) is 5.75 Å². The van der Waals surface area contributed by atoms with Crippen LogP contribution in [-0.4, -0.2) is 21.2 Å². The first-order valence-electron chi connectivity index (χ1n) is 7.62. The zero-order chi connectivity index (χ0) is 17.1. The fourth-order valence-electron chi connectivity index (χ4n) is 2.40. The number of oxazole rings is 1. The van der Waals surface area contributed by atoms with E-state index in [9.17, 15) is 9.90 Å². The van der Waals surface area contributed by atoms with Crippen molar-refractivity contribution in [2.45, 2.75) is 13.3 Å². The molecule has 0 radical (unpaired) electrons. The summed E-state index contributed by atoms with van der Waals surface area (Å²) < 4.78 is 5.87. The van der Waals surface area contributed by atoms with Gasteiger partial charge in [0.25, 0.3) is 0 Å². The van der Waals surface area contributed by atoms with Crippen LogP contribution in [0.4, 0.5) is 0 Å². The van der Waals surface area contributed by atoms with Gasteiger partial charge in [-0.15, -0.1) is 0 Å². The van der Waals surface area contributed by atoms with Gasteiger partial charge in [0.2, 0.25) is 0 Å². The number of nitrogens with zero attached hydrogens (tertiary/aromatic N) is 1. The Bertz CT molecular complexity index is 838. The average Bonchev–Trinajstić information content (AvgIpc) is 3.00. The fraction of sp³-hybridized carbons (Fsp3) is 0.158. The molecule has 2 N–H and O–H groups in total. The first kappa shape index (κ1) is 15.8. The number of aromatic hydroxyl groups is 1. The second-order valence-corrected chi connectivity index (χ2v) is 5.64. The monoisotopic (exact) mass is 323 g/mol. The molecule has 24 heavy (non-hydrogen) atoms. The molecule has 0 fully saturated rings. The molecular weight excluding hydrogens is 306 g/mol. The second-order valence-electron chi connectivity index (χ2n) is 5.64. The molecule has 0 saturated heterocycles. The molecule has 5 heteroatoms. The van der Waals surface area contributed by atoms with E-state index in [-0.39, 0.29) is 12.2 Å². The largest absolute Gasteiger partial charge is 0.508 e. The molecule has 5 nitrogen and oxygen atoms in total. The second kappa shape index (κ2) is 6.58. The van der Waals surface area contributed by atoms with Gasteiger partial charge in [0.1, 0.15) is 11.4 Å². The van der Waals surface area contributed by atoms with E-state index >= 15 is 0 Å². The van der Waals surface area contributed by atoms with Crippen molar-refractivity contribution in [3.63, 3.8) is 0 Å². The number of aromatic nitrogens is 1. The first-order valence-corrected chi connectivity index (χ1v) is 7.62. The van der Waals surface area contributed by atoms with Crippen LogP contribution in [0.3, 0.4) is 0 Å². The summed E-state index contributed by atoms with van der Waals surface area (Å²) in [6, 6.07) is 16.2. The number of rotatable bonds is 5. The minimum absolute atomic E-state index is 0.170. The van der Waals surface area contributed by atoms with Crippen molar-refractivity contribution in [2.75, 3.05) is 0 Å². The summed E-state index contributed by atoms with van der Waals surface area (Å²) >= 11 is 0. The van der Waals surface area contributed by atoms with Gasteiger partial charge in [-0.3, -0.25) is 4.79 Å². The molecule has 3 aromatic rings. The third kappa shape index (κ3) is 3.30. The minimum Gasteiger partial charge on any atom is -0.508 e. The molecule has 1 aromatic heterocycles. The van der Waals surface area contributed by atoms with Crippen molar-refractivity contribution in [1.82, 2.24) is 4.98 Å². The molecular formula is C19H17NO4. The Morgan fingerprint density at radius 1 is 1.08 bits per heavy atom. The summed E-state index contributed by atoms with van der Waals surface area (Å²) in [6.45, 7) is 1.62. The molecule has 0 spiro atoms. The maximum absolute atomic E-state index is 11.1. The maximum Gasteiger partial charge on any atom is 0.306 e. The van der Waals surface area contributed by atoms with Gasteiger partial charge < -0.3 is 14.6 Å². The summed E-state index contributed by atoms with van der Waals surface area (Å²) in [6.07, 6.45) is 0.216. The summed E-state index contributed by atoms with van der Waals surface area (Å²) in [5.74, 6) is -0.329. The molecule has 2 aromatic carbocycles. The Labute approximate surface area is 139 Å². The highest BCUT2D eigenvalue weighted by Gasteiger charge is 2.20. The lowest BCUT2D eigenvalue weighted by Crippen LogP contribution is -2.12. The Balaban J connectivity index is 2.06. The normalized spacial score (nSPS) is 12.0. The molecule has 0 aliphatic carbocycles. The van der Waals surface area contributed by atoms with E-state index in [4.69, 9.17) is 9.52 Å². The third-order valence-electron chi connectivity index (χ3n) is 3.75. The zero-order valence-corrected chi connectivity index (χ0v) is 13.1. The number of carboxylic acids is 1. The van der Waals surface area contributed by atoms with E-state index in [0.717, 1.165) is 11.1 Å². The van der Waals surface area contributed by atoms with E-state index in [2.05, 4.69) is 4.98 Å². The van der Waals surface area contributed by atoms with Crippen molar-refractivity contribution in [1.29, 1.82) is 0 Å². The number of benzene rings is 2. The van der Waals surface area contributed by atoms with Gasteiger partial charge in [-0.2, -0.15) is 0 Å². The molecule has 0 saturated carbocycles. The van der Waals surface area contributed by atoms with Gasteiger partial charge >= 0.3 is 5.97 Å². The van der Waals surface area contributed by atoms with E-state index in [0.29, 0.717) is 17.3 Å². The highest BCUT2D eigenvalue weighted by Crippen LogP contribution is 2.33. The predicted octanol–water partition coefficient (Wildman–Crippen LogP) is 3.98. The molecule has 1 unspecified atom stereocenters. The molecule has 122 valence electrons. The zero-order valence-electron chi connectivity index (χ0n) is 13.1. The van der Waals surface area contributed by atoms with E-state index in [1.807, 2.05) is 30.3 Å². The van der Waals surface area contributed by atoms with Crippen LogP contribution in [0, 0.1) is 5.92 Å². The number of phenols is 1. The van der Waals surface area contributed by atoms with Crippen LogP contribution in [-0.2, 0) is 11.2 Å². The number of carbonyl (C=O) groups is 1. The van der Waals surface area contributed by atoms with Crippen molar-refractivity contribution >= 4 is 5.97 Å². The highest BCUT2D eigenvalue weighted by atomic mass is 16.4. The fourth-order valence-corrected chi connectivity index (χ4v) is 2.40. The smallest absolute Gasteiger partial charge is 0.306 e. The van der Waals surface area contributed by atoms with E-state index in [1.54, 1.807) is 31.2 Å². The Morgan fingerprint density at radius 2 is 1.75 bits per heavy atom. The Hall–Kier alpha value is -3.08. The van der Waals surface area contributed by atoms with Crippen molar-refractivity contribution < 1.29 is 19.4 Å². The number of hydrogen-bond donors (Lipinski definition) is 2. The van der Waals surface area contributed by atoms with Crippen LogP contribution < -0.4 is 0 Å². The maximum atomic E-state index is 11.1. The average molecular weight is 323 g/mol. The van der Waals surface area contributed by atoms with Crippen LogP contribution >= 0.6 is 0 Å².